The maximum Gasteiger partial charge on any atom is 0.147 e. The standard InChI is InChI=1S/C17H23N5/c1-13-9-19-11-16(21-13)22-7-4-14(12-22)8-17(2,3)15-10-18-5-6-20-15/h5-6,9-11,14H,4,7-8,12H2,1-3H3. The van der Waals surface area contributed by atoms with E-state index >= 15 is 0 Å². The second-order valence-electron chi connectivity index (χ2n) is 6.80. The molecule has 0 bridgehead atoms. The van der Waals surface area contributed by atoms with Gasteiger partial charge in [0, 0.05) is 43.3 Å². The Balaban J connectivity index is 1.66. The summed E-state index contributed by atoms with van der Waals surface area (Å²) >= 11 is 0. The summed E-state index contributed by atoms with van der Waals surface area (Å²) in [5, 5.41) is 0. The van der Waals surface area contributed by atoms with Crippen LogP contribution in [0.25, 0.3) is 0 Å². The van der Waals surface area contributed by atoms with Crippen LogP contribution in [0.2, 0.25) is 0 Å². The van der Waals surface area contributed by atoms with Crippen molar-refractivity contribution >= 4 is 5.82 Å². The van der Waals surface area contributed by atoms with Gasteiger partial charge < -0.3 is 4.90 Å². The average Bonchev–Trinajstić information content (AvgIpc) is 2.96. The molecule has 0 radical (unpaired) electrons. The van der Waals surface area contributed by atoms with Crippen molar-refractivity contribution in [1.82, 2.24) is 19.9 Å². The Morgan fingerprint density at radius 1 is 1.18 bits per heavy atom. The van der Waals surface area contributed by atoms with Gasteiger partial charge in [0.05, 0.1) is 17.6 Å². The molecule has 5 heteroatoms. The van der Waals surface area contributed by atoms with Crippen LogP contribution < -0.4 is 4.90 Å². The van der Waals surface area contributed by atoms with Gasteiger partial charge in [0.25, 0.3) is 0 Å². The van der Waals surface area contributed by atoms with Crippen molar-refractivity contribution < 1.29 is 0 Å². The highest BCUT2D eigenvalue weighted by Gasteiger charge is 2.31. The minimum atomic E-state index is 0.0488. The highest BCUT2D eigenvalue weighted by atomic mass is 15.2. The third-order valence-corrected chi connectivity index (χ3v) is 4.41. The monoisotopic (exact) mass is 297 g/mol. The normalized spacial score (nSPS) is 18.7. The summed E-state index contributed by atoms with van der Waals surface area (Å²) in [4.78, 5) is 19.9. The lowest BCUT2D eigenvalue weighted by Crippen LogP contribution is -2.26. The molecule has 0 spiro atoms. The molecule has 3 rings (SSSR count). The van der Waals surface area contributed by atoms with Gasteiger partial charge in [-0.15, -0.1) is 0 Å². The Morgan fingerprint density at radius 2 is 2.05 bits per heavy atom. The second-order valence-corrected chi connectivity index (χ2v) is 6.80. The minimum absolute atomic E-state index is 0.0488. The third-order valence-electron chi connectivity index (χ3n) is 4.41. The summed E-state index contributed by atoms with van der Waals surface area (Å²) < 4.78 is 0. The summed E-state index contributed by atoms with van der Waals surface area (Å²) in [5.74, 6) is 1.65. The highest BCUT2D eigenvalue weighted by molar-refractivity contribution is 5.37. The molecule has 0 saturated carbocycles. The summed E-state index contributed by atoms with van der Waals surface area (Å²) in [7, 11) is 0. The largest absolute Gasteiger partial charge is 0.355 e. The van der Waals surface area contributed by atoms with Gasteiger partial charge in [-0.3, -0.25) is 15.0 Å². The maximum absolute atomic E-state index is 4.59. The van der Waals surface area contributed by atoms with Crippen molar-refractivity contribution in [3.8, 4) is 0 Å². The minimum Gasteiger partial charge on any atom is -0.355 e. The van der Waals surface area contributed by atoms with E-state index in [0.29, 0.717) is 5.92 Å². The fourth-order valence-corrected chi connectivity index (χ4v) is 3.28. The summed E-state index contributed by atoms with van der Waals surface area (Å²) in [6, 6.07) is 0. The molecule has 0 amide bonds. The molecule has 1 unspecified atom stereocenters. The Kier molecular flexibility index (Phi) is 4.05. The SMILES string of the molecule is Cc1cncc(N2CCC(CC(C)(C)c3cnccn3)C2)n1. The van der Waals surface area contributed by atoms with Gasteiger partial charge >= 0.3 is 0 Å². The van der Waals surface area contributed by atoms with Gasteiger partial charge in [-0.2, -0.15) is 0 Å². The number of rotatable bonds is 4. The molecule has 3 heterocycles. The van der Waals surface area contributed by atoms with Crippen LogP contribution in [0, 0.1) is 12.8 Å². The summed E-state index contributed by atoms with van der Waals surface area (Å²) in [6.45, 7) is 8.60. The van der Waals surface area contributed by atoms with E-state index < -0.39 is 0 Å². The maximum atomic E-state index is 4.59. The molecule has 0 aliphatic carbocycles. The lowest BCUT2D eigenvalue weighted by Gasteiger charge is -2.27. The lowest BCUT2D eigenvalue weighted by atomic mass is 9.80. The van der Waals surface area contributed by atoms with Crippen molar-refractivity contribution in [1.29, 1.82) is 0 Å². The van der Waals surface area contributed by atoms with Gasteiger partial charge in [0.15, 0.2) is 0 Å². The van der Waals surface area contributed by atoms with Crippen LogP contribution in [0.3, 0.4) is 0 Å². The molecule has 2 aromatic heterocycles. The summed E-state index contributed by atoms with van der Waals surface area (Å²) in [6.07, 6.45) is 11.4. The lowest BCUT2D eigenvalue weighted by molar-refractivity contribution is 0.372. The van der Waals surface area contributed by atoms with E-state index in [4.69, 9.17) is 0 Å². The number of nitrogens with zero attached hydrogens (tertiary/aromatic N) is 5. The van der Waals surface area contributed by atoms with E-state index in [0.717, 1.165) is 36.7 Å². The molecule has 22 heavy (non-hydrogen) atoms. The van der Waals surface area contributed by atoms with E-state index in [2.05, 4.69) is 38.7 Å². The fraction of sp³-hybridized carbons (Fsp3) is 0.529. The number of anilines is 1. The molecule has 5 nitrogen and oxygen atoms in total. The molecule has 0 N–H and O–H groups in total. The first-order valence-electron chi connectivity index (χ1n) is 7.85. The number of hydrogen-bond acceptors (Lipinski definition) is 5. The molecule has 1 saturated heterocycles. The van der Waals surface area contributed by atoms with E-state index in [1.807, 2.05) is 19.3 Å². The van der Waals surface area contributed by atoms with Crippen LogP contribution in [-0.2, 0) is 5.41 Å². The zero-order valence-corrected chi connectivity index (χ0v) is 13.5. The summed E-state index contributed by atoms with van der Waals surface area (Å²) in [5.41, 5.74) is 2.09. The van der Waals surface area contributed by atoms with Gasteiger partial charge in [0.2, 0.25) is 0 Å². The molecule has 1 fully saturated rings. The Labute approximate surface area is 131 Å². The van der Waals surface area contributed by atoms with Crippen LogP contribution in [0.1, 0.15) is 38.1 Å². The quantitative estimate of drug-likeness (QED) is 0.868. The predicted octanol–water partition coefficient (Wildman–Crippen LogP) is 2.77. The van der Waals surface area contributed by atoms with Crippen molar-refractivity contribution in [2.45, 2.75) is 39.0 Å². The molecule has 0 aromatic carbocycles. The van der Waals surface area contributed by atoms with Crippen LogP contribution in [0.4, 0.5) is 5.82 Å². The van der Waals surface area contributed by atoms with Gasteiger partial charge in [-0.1, -0.05) is 13.8 Å². The number of aromatic nitrogens is 4. The Morgan fingerprint density at radius 3 is 2.77 bits per heavy atom. The molecule has 1 atom stereocenters. The number of aryl methyl sites for hydroxylation is 1. The van der Waals surface area contributed by atoms with Crippen LogP contribution in [0.15, 0.2) is 31.0 Å². The zero-order valence-electron chi connectivity index (χ0n) is 13.5. The van der Waals surface area contributed by atoms with E-state index in [1.54, 1.807) is 18.6 Å². The third kappa shape index (κ3) is 3.24. The first kappa shape index (κ1) is 14.9. The van der Waals surface area contributed by atoms with Crippen LogP contribution in [0.5, 0.6) is 0 Å². The molecule has 1 aliphatic rings. The van der Waals surface area contributed by atoms with E-state index in [1.165, 1.54) is 6.42 Å². The van der Waals surface area contributed by atoms with Crippen molar-refractivity contribution in [2.24, 2.45) is 5.92 Å². The highest BCUT2D eigenvalue weighted by Crippen LogP contribution is 2.33. The van der Waals surface area contributed by atoms with Crippen LogP contribution in [-0.4, -0.2) is 33.0 Å². The molecule has 1 aliphatic heterocycles. The predicted molar refractivity (Wildman–Crippen MR) is 86.8 cm³/mol. The van der Waals surface area contributed by atoms with Crippen molar-refractivity contribution in [3.63, 3.8) is 0 Å². The zero-order chi connectivity index (χ0) is 15.6. The van der Waals surface area contributed by atoms with E-state index in [9.17, 15) is 0 Å². The fourth-order valence-electron chi connectivity index (χ4n) is 3.28. The van der Waals surface area contributed by atoms with E-state index in [-0.39, 0.29) is 5.41 Å². The van der Waals surface area contributed by atoms with Crippen LogP contribution >= 0.6 is 0 Å². The van der Waals surface area contributed by atoms with Gasteiger partial charge in [-0.25, -0.2) is 4.98 Å². The number of hydrogen-bond donors (Lipinski definition) is 0. The van der Waals surface area contributed by atoms with Gasteiger partial charge in [0.1, 0.15) is 5.82 Å². The van der Waals surface area contributed by atoms with Crippen molar-refractivity contribution in [3.05, 3.63) is 42.4 Å². The Bertz CT molecular complexity index is 626. The van der Waals surface area contributed by atoms with Gasteiger partial charge in [-0.05, 0) is 25.7 Å². The molecular formula is C17H23N5. The second kappa shape index (κ2) is 5.99. The first-order valence-corrected chi connectivity index (χ1v) is 7.85. The smallest absolute Gasteiger partial charge is 0.147 e. The average molecular weight is 297 g/mol. The molecular weight excluding hydrogens is 274 g/mol. The molecule has 116 valence electrons. The topological polar surface area (TPSA) is 54.8 Å². The first-order chi connectivity index (χ1) is 10.5. The Hall–Kier alpha value is -2.04. The van der Waals surface area contributed by atoms with Crippen molar-refractivity contribution in [2.75, 3.05) is 18.0 Å². The molecule has 2 aromatic rings.